The lowest BCUT2D eigenvalue weighted by atomic mass is 10.4. The summed E-state index contributed by atoms with van der Waals surface area (Å²) < 4.78 is 4.74. The molecule has 3 heteroatoms. The zero-order valence-corrected chi connectivity index (χ0v) is 8.18. The van der Waals surface area contributed by atoms with Crippen LogP contribution < -0.4 is 5.32 Å². The molecule has 0 aliphatic carbocycles. The normalized spacial score (nSPS) is 7.50. The van der Waals surface area contributed by atoms with Crippen LogP contribution in [0.15, 0.2) is 12.2 Å². The number of hydrogen-bond donors (Lipinski definition) is 1. The van der Waals surface area contributed by atoms with Gasteiger partial charge in [-0.25, -0.2) is 0 Å². The van der Waals surface area contributed by atoms with E-state index in [1.165, 1.54) is 5.57 Å². The molecule has 0 bridgehead atoms. The maximum absolute atomic E-state index is 7.96. The Morgan fingerprint density at radius 2 is 2.08 bits per heavy atom. The molecule has 0 aromatic carbocycles. The molecule has 3 nitrogen and oxygen atoms in total. The van der Waals surface area contributed by atoms with Gasteiger partial charge in [0.15, 0.2) is 6.19 Å². The van der Waals surface area contributed by atoms with Crippen LogP contribution in [0.5, 0.6) is 0 Å². The van der Waals surface area contributed by atoms with Crippen LogP contribution >= 0.6 is 0 Å². The van der Waals surface area contributed by atoms with E-state index in [1.807, 2.05) is 20.0 Å². The summed E-state index contributed by atoms with van der Waals surface area (Å²) in [6, 6.07) is 0. The minimum Gasteiger partial charge on any atom is -0.385 e. The Kier molecular flexibility index (Phi) is 14.3. The molecule has 0 fully saturated rings. The first kappa shape index (κ1) is 13.6. The first-order chi connectivity index (χ1) is 5.65. The predicted molar refractivity (Wildman–Crippen MR) is 50.6 cm³/mol. The van der Waals surface area contributed by atoms with Gasteiger partial charge in [-0.15, -0.1) is 6.58 Å². The molecule has 12 heavy (non-hydrogen) atoms. The molecule has 0 saturated heterocycles. The van der Waals surface area contributed by atoms with Gasteiger partial charge < -0.3 is 10.1 Å². The average molecular weight is 170 g/mol. The second kappa shape index (κ2) is 12.6. The molecular weight excluding hydrogens is 152 g/mol. The van der Waals surface area contributed by atoms with Gasteiger partial charge in [0.05, 0.1) is 0 Å². The highest BCUT2D eigenvalue weighted by molar-refractivity contribution is 4.78. The minimum absolute atomic E-state index is 0.713. The number of methoxy groups -OCH3 is 1. The maximum Gasteiger partial charge on any atom is 0.176 e. The Morgan fingerprint density at radius 3 is 2.42 bits per heavy atom. The van der Waals surface area contributed by atoms with Gasteiger partial charge in [-0.2, -0.15) is 5.26 Å². The van der Waals surface area contributed by atoms with Gasteiger partial charge in [-0.3, -0.25) is 0 Å². The molecule has 0 amide bonds. The SMILES string of the molecule is C=C(C)C.COCCCNC#N. The van der Waals surface area contributed by atoms with E-state index in [9.17, 15) is 0 Å². The van der Waals surface area contributed by atoms with Crippen molar-refractivity contribution in [2.45, 2.75) is 20.3 Å². The van der Waals surface area contributed by atoms with E-state index < -0.39 is 0 Å². The van der Waals surface area contributed by atoms with Crippen molar-refractivity contribution in [3.63, 3.8) is 0 Å². The van der Waals surface area contributed by atoms with Crippen molar-refractivity contribution in [2.75, 3.05) is 20.3 Å². The topological polar surface area (TPSA) is 45.0 Å². The van der Waals surface area contributed by atoms with Gasteiger partial charge in [0.1, 0.15) is 0 Å². The number of nitrogens with one attached hydrogen (secondary N) is 1. The van der Waals surface area contributed by atoms with Crippen LogP contribution in [0.3, 0.4) is 0 Å². The molecule has 0 spiro atoms. The number of nitrogens with zero attached hydrogens (tertiary/aromatic N) is 1. The smallest absolute Gasteiger partial charge is 0.176 e. The molecule has 0 radical (unpaired) electrons. The molecule has 70 valence electrons. The third kappa shape index (κ3) is 36.1. The fourth-order valence-electron chi connectivity index (χ4n) is 0.361. The highest BCUT2D eigenvalue weighted by atomic mass is 16.5. The molecule has 0 aliphatic rings. The standard InChI is InChI=1S/C5H10N2O.C4H8/c1-8-4-2-3-7-5-6;1-4(2)3/h7H,2-4H2,1H3;1H2,2-3H3. The van der Waals surface area contributed by atoms with E-state index >= 15 is 0 Å². The largest absolute Gasteiger partial charge is 0.385 e. The Balaban J connectivity index is 0. The van der Waals surface area contributed by atoms with Crippen molar-refractivity contribution in [2.24, 2.45) is 0 Å². The molecule has 0 aromatic heterocycles. The van der Waals surface area contributed by atoms with Gasteiger partial charge in [-0.05, 0) is 20.3 Å². The lowest BCUT2D eigenvalue weighted by Gasteiger charge is -1.94. The van der Waals surface area contributed by atoms with Crippen molar-refractivity contribution >= 4 is 0 Å². The van der Waals surface area contributed by atoms with Crippen LogP contribution in [0.2, 0.25) is 0 Å². The Morgan fingerprint density at radius 1 is 1.58 bits per heavy atom. The molecule has 1 N–H and O–H groups in total. The number of ether oxygens (including phenoxy) is 1. The third-order valence-electron chi connectivity index (χ3n) is 0.729. The number of allylic oxidation sites excluding steroid dienone is 1. The summed E-state index contributed by atoms with van der Waals surface area (Å²) >= 11 is 0. The van der Waals surface area contributed by atoms with E-state index in [0.717, 1.165) is 6.42 Å². The molecule has 0 rings (SSSR count). The fourth-order valence-corrected chi connectivity index (χ4v) is 0.361. The molecule has 0 saturated carbocycles. The predicted octanol–water partition coefficient (Wildman–Crippen LogP) is 1.68. The molecule has 0 aliphatic heterocycles. The summed E-state index contributed by atoms with van der Waals surface area (Å²) in [5, 5.41) is 10.5. The van der Waals surface area contributed by atoms with E-state index in [1.54, 1.807) is 7.11 Å². The first-order valence-electron chi connectivity index (χ1n) is 3.88. The van der Waals surface area contributed by atoms with E-state index in [-0.39, 0.29) is 0 Å². The van der Waals surface area contributed by atoms with Crippen LogP contribution in [0.1, 0.15) is 20.3 Å². The van der Waals surface area contributed by atoms with Crippen molar-refractivity contribution in [3.8, 4) is 6.19 Å². The second-order valence-corrected chi connectivity index (χ2v) is 2.59. The lowest BCUT2D eigenvalue weighted by molar-refractivity contribution is 0.195. The Hall–Kier alpha value is -1.01. The molecule has 0 aromatic rings. The van der Waals surface area contributed by atoms with Gasteiger partial charge in [0, 0.05) is 20.3 Å². The van der Waals surface area contributed by atoms with Gasteiger partial charge in [0.2, 0.25) is 0 Å². The highest BCUT2D eigenvalue weighted by Crippen LogP contribution is 1.74. The molecule has 0 unspecified atom stereocenters. The van der Waals surface area contributed by atoms with Crippen LogP contribution in [0.25, 0.3) is 0 Å². The summed E-state index contributed by atoms with van der Waals surface area (Å²) in [6.07, 6.45) is 2.71. The van der Waals surface area contributed by atoms with Crippen LogP contribution in [-0.2, 0) is 4.74 Å². The van der Waals surface area contributed by atoms with Crippen molar-refractivity contribution < 1.29 is 4.74 Å². The number of nitriles is 1. The lowest BCUT2D eigenvalue weighted by Crippen LogP contribution is -2.08. The third-order valence-corrected chi connectivity index (χ3v) is 0.729. The van der Waals surface area contributed by atoms with E-state index in [2.05, 4.69) is 11.9 Å². The van der Waals surface area contributed by atoms with Crippen molar-refractivity contribution in [3.05, 3.63) is 12.2 Å². The zero-order valence-electron chi connectivity index (χ0n) is 8.18. The quantitative estimate of drug-likeness (QED) is 0.302. The number of rotatable bonds is 4. The molecular formula is C9H18N2O. The van der Waals surface area contributed by atoms with E-state index in [0.29, 0.717) is 13.2 Å². The van der Waals surface area contributed by atoms with Gasteiger partial charge in [-0.1, -0.05) is 5.57 Å². The van der Waals surface area contributed by atoms with Crippen LogP contribution in [-0.4, -0.2) is 20.3 Å². The summed E-state index contributed by atoms with van der Waals surface area (Å²) in [7, 11) is 1.65. The summed E-state index contributed by atoms with van der Waals surface area (Å²) in [5.41, 5.74) is 1.17. The van der Waals surface area contributed by atoms with Gasteiger partial charge >= 0.3 is 0 Å². The summed E-state index contributed by atoms with van der Waals surface area (Å²) in [4.78, 5) is 0. The average Bonchev–Trinajstić information content (AvgIpc) is 1.97. The highest BCUT2D eigenvalue weighted by Gasteiger charge is 1.80. The van der Waals surface area contributed by atoms with Gasteiger partial charge in [0.25, 0.3) is 0 Å². The molecule has 0 heterocycles. The minimum atomic E-state index is 0.713. The Labute approximate surface area is 75.0 Å². The molecule has 0 atom stereocenters. The first-order valence-corrected chi connectivity index (χ1v) is 3.88. The van der Waals surface area contributed by atoms with Crippen LogP contribution in [0, 0.1) is 11.5 Å². The summed E-state index contributed by atoms with van der Waals surface area (Å²) in [6.45, 7) is 8.93. The van der Waals surface area contributed by atoms with Crippen LogP contribution in [0.4, 0.5) is 0 Å². The number of hydrogen-bond acceptors (Lipinski definition) is 3. The maximum atomic E-state index is 7.96. The Bertz CT molecular complexity index is 134. The van der Waals surface area contributed by atoms with Crippen molar-refractivity contribution in [1.29, 1.82) is 5.26 Å². The van der Waals surface area contributed by atoms with E-state index in [4.69, 9.17) is 10.00 Å². The summed E-state index contributed by atoms with van der Waals surface area (Å²) in [5.74, 6) is 0. The second-order valence-electron chi connectivity index (χ2n) is 2.59. The zero-order chi connectivity index (χ0) is 9.82. The monoisotopic (exact) mass is 170 g/mol. The van der Waals surface area contributed by atoms with Crippen molar-refractivity contribution in [1.82, 2.24) is 5.32 Å². The fraction of sp³-hybridized carbons (Fsp3) is 0.667.